The molecule has 0 bridgehead atoms. The predicted octanol–water partition coefficient (Wildman–Crippen LogP) is 2.13. The molecule has 0 atom stereocenters. The van der Waals surface area contributed by atoms with Crippen molar-refractivity contribution in [1.29, 1.82) is 0 Å². The van der Waals surface area contributed by atoms with E-state index in [4.69, 9.17) is 5.73 Å². The molecule has 0 spiro atoms. The first-order chi connectivity index (χ1) is 8.03. The van der Waals surface area contributed by atoms with E-state index >= 15 is 0 Å². The maximum absolute atomic E-state index is 9.84. The standard InChI is InChI=1S/C14H30N2O/c1-14(2,17)9-12-16(11-6-10-15)13-7-4-3-5-8-13/h13,17H,3-12,15H2,1-2H3. The quantitative estimate of drug-likeness (QED) is 0.719. The van der Waals surface area contributed by atoms with Crippen LogP contribution in [0.15, 0.2) is 0 Å². The number of nitrogens with two attached hydrogens (primary N) is 1. The van der Waals surface area contributed by atoms with Gasteiger partial charge in [0, 0.05) is 12.6 Å². The van der Waals surface area contributed by atoms with E-state index in [-0.39, 0.29) is 0 Å². The highest BCUT2D eigenvalue weighted by atomic mass is 16.3. The minimum absolute atomic E-state index is 0.546. The van der Waals surface area contributed by atoms with Gasteiger partial charge in [0.05, 0.1) is 5.60 Å². The lowest BCUT2D eigenvalue weighted by Gasteiger charge is -2.35. The number of rotatable bonds is 7. The van der Waals surface area contributed by atoms with E-state index in [1.165, 1.54) is 32.1 Å². The Balaban J connectivity index is 2.40. The van der Waals surface area contributed by atoms with Gasteiger partial charge in [0.1, 0.15) is 0 Å². The molecule has 0 saturated heterocycles. The van der Waals surface area contributed by atoms with Gasteiger partial charge < -0.3 is 15.7 Å². The molecule has 0 heterocycles. The maximum atomic E-state index is 9.84. The van der Waals surface area contributed by atoms with E-state index in [2.05, 4.69) is 4.90 Å². The lowest BCUT2D eigenvalue weighted by Crippen LogP contribution is -2.41. The molecule has 3 nitrogen and oxygen atoms in total. The Morgan fingerprint density at radius 1 is 1.18 bits per heavy atom. The first kappa shape index (κ1) is 14.9. The van der Waals surface area contributed by atoms with Gasteiger partial charge in [-0.25, -0.2) is 0 Å². The van der Waals surface area contributed by atoms with Crippen molar-refractivity contribution in [3.05, 3.63) is 0 Å². The zero-order valence-corrected chi connectivity index (χ0v) is 11.6. The molecular weight excluding hydrogens is 212 g/mol. The van der Waals surface area contributed by atoms with Crippen LogP contribution >= 0.6 is 0 Å². The molecule has 3 heteroatoms. The van der Waals surface area contributed by atoms with Gasteiger partial charge in [-0.3, -0.25) is 0 Å². The Kier molecular flexibility index (Phi) is 6.45. The van der Waals surface area contributed by atoms with Gasteiger partial charge in [0.2, 0.25) is 0 Å². The van der Waals surface area contributed by atoms with Crippen molar-refractivity contribution in [3.63, 3.8) is 0 Å². The molecule has 0 aromatic rings. The topological polar surface area (TPSA) is 49.5 Å². The minimum atomic E-state index is -0.546. The van der Waals surface area contributed by atoms with Crippen molar-refractivity contribution in [1.82, 2.24) is 4.90 Å². The summed E-state index contributed by atoms with van der Waals surface area (Å²) in [4.78, 5) is 2.56. The summed E-state index contributed by atoms with van der Waals surface area (Å²) in [5.74, 6) is 0. The average Bonchev–Trinajstić information content (AvgIpc) is 2.29. The molecule has 0 unspecified atom stereocenters. The van der Waals surface area contributed by atoms with E-state index in [9.17, 15) is 5.11 Å². The van der Waals surface area contributed by atoms with Gasteiger partial charge in [-0.1, -0.05) is 19.3 Å². The largest absolute Gasteiger partial charge is 0.390 e. The third kappa shape index (κ3) is 6.39. The van der Waals surface area contributed by atoms with E-state index in [1.807, 2.05) is 13.8 Å². The molecule has 102 valence electrons. The molecule has 0 amide bonds. The van der Waals surface area contributed by atoms with Crippen LogP contribution in [0.1, 0.15) is 58.8 Å². The fraction of sp³-hybridized carbons (Fsp3) is 1.00. The molecule has 1 aliphatic rings. The van der Waals surface area contributed by atoms with Crippen LogP contribution in [-0.4, -0.2) is 41.3 Å². The summed E-state index contributed by atoms with van der Waals surface area (Å²) in [6.45, 7) is 6.67. The van der Waals surface area contributed by atoms with Crippen LogP contribution in [0.3, 0.4) is 0 Å². The van der Waals surface area contributed by atoms with E-state index in [0.717, 1.165) is 38.5 Å². The minimum Gasteiger partial charge on any atom is -0.390 e. The first-order valence-electron chi connectivity index (χ1n) is 7.19. The highest BCUT2D eigenvalue weighted by Crippen LogP contribution is 2.23. The van der Waals surface area contributed by atoms with Crippen LogP contribution in [0.4, 0.5) is 0 Å². The van der Waals surface area contributed by atoms with Gasteiger partial charge >= 0.3 is 0 Å². The third-order valence-electron chi connectivity index (χ3n) is 3.75. The van der Waals surface area contributed by atoms with E-state index in [1.54, 1.807) is 0 Å². The third-order valence-corrected chi connectivity index (χ3v) is 3.75. The molecule has 0 aromatic carbocycles. The average molecular weight is 242 g/mol. The molecular formula is C14H30N2O. The van der Waals surface area contributed by atoms with Crippen molar-refractivity contribution in [2.75, 3.05) is 19.6 Å². The van der Waals surface area contributed by atoms with Crippen LogP contribution in [-0.2, 0) is 0 Å². The summed E-state index contributed by atoms with van der Waals surface area (Å²) in [7, 11) is 0. The van der Waals surface area contributed by atoms with Gasteiger partial charge in [0.25, 0.3) is 0 Å². The van der Waals surface area contributed by atoms with Crippen LogP contribution in [0.2, 0.25) is 0 Å². The predicted molar refractivity (Wildman–Crippen MR) is 73.0 cm³/mol. The Hall–Kier alpha value is -0.120. The summed E-state index contributed by atoms with van der Waals surface area (Å²) in [6.07, 6.45) is 8.72. The van der Waals surface area contributed by atoms with E-state index < -0.39 is 5.60 Å². The van der Waals surface area contributed by atoms with Crippen LogP contribution in [0, 0.1) is 0 Å². The number of aliphatic hydroxyl groups is 1. The van der Waals surface area contributed by atoms with Crippen molar-refractivity contribution < 1.29 is 5.11 Å². The first-order valence-corrected chi connectivity index (χ1v) is 7.19. The molecule has 0 aliphatic heterocycles. The lowest BCUT2D eigenvalue weighted by molar-refractivity contribution is 0.0463. The fourth-order valence-corrected chi connectivity index (χ4v) is 2.63. The van der Waals surface area contributed by atoms with Crippen molar-refractivity contribution >= 4 is 0 Å². The van der Waals surface area contributed by atoms with Crippen LogP contribution < -0.4 is 5.73 Å². The van der Waals surface area contributed by atoms with Crippen LogP contribution in [0.5, 0.6) is 0 Å². The SMILES string of the molecule is CC(C)(O)CCN(CCCN)C1CCCCC1. The monoisotopic (exact) mass is 242 g/mol. The Bertz CT molecular complexity index is 195. The maximum Gasteiger partial charge on any atom is 0.0603 e. The van der Waals surface area contributed by atoms with Crippen molar-refractivity contribution in [2.24, 2.45) is 5.73 Å². The summed E-state index contributed by atoms with van der Waals surface area (Å²) in [6, 6.07) is 0.734. The van der Waals surface area contributed by atoms with Gasteiger partial charge in [0.15, 0.2) is 0 Å². The summed E-state index contributed by atoms with van der Waals surface area (Å²) in [5.41, 5.74) is 5.07. The van der Waals surface area contributed by atoms with Crippen molar-refractivity contribution in [3.8, 4) is 0 Å². The fourth-order valence-electron chi connectivity index (χ4n) is 2.63. The summed E-state index contributed by atoms with van der Waals surface area (Å²) < 4.78 is 0. The Morgan fingerprint density at radius 2 is 1.82 bits per heavy atom. The molecule has 3 N–H and O–H groups in total. The highest BCUT2D eigenvalue weighted by Gasteiger charge is 2.22. The molecule has 1 fully saturated rings. The Labute approximate surface area is 106 Å². The molecule has 1 saturated carbocycles. The van der Waals surface area contributed by atoms with Crippen molar-refractivity contribution in [2.45, 2.75) is 70.4 Å². The molecule has 0 aromatic heterocycles. The van der Waals surface area contributed by atoms with Gasteiger partial charge in [-0.15, -0.1) is 0 Å². The normalized spacial score (nSPS) is 18.9. The van der Waals surface area contributed by atoms with Gasteiger partial charge in [-0.2, -0.15) is 0 Å². The zero-order chi connectivity index (χ0) is 12.7. The summed E-state index contributed by atoms with van der Waals surface area (Å²) in [5, 5.41) is 9.84. The van der Waals surface area contributed by atoms with E-state index in [0.29, 0.717) is 0 Å². The zero-order valence-electron chi connectivity index (χ0n) is 11.6. The molecule has 1 rings (SSSR count). The Morgan fingerprint density at radius 3 is 2.35 bits per heavy atom. The number of hydrogen-bond donors (Lipinski definition) is 2. The summed E-state index contributed by atoms with van der Waals surface area (Å²) >= 11 is 0. The molecule has 17 heavy (non-hydrogen) atoms. The number of hydrogen-bond acceptors (Lipinski definition) is 3. The smallest absolute Gasteiger partial charge is 0.0603 e. The second kappa shape index (κ2) is 7.34. The van der Waals surface area contributed by atoms with Crippen LogP contribution in [0.25, 0.3) is 0 Å². The highest BCUT2D eigenvalue weighted by molar-refractivity contribution is 4.78. The second-order valence-corrected chi connectivity index (χ2v) is 6.03. The lowest BCUT2D eigenvalue weighted by atomic mass is 9.93. The second-order valence-electron chi connectivity index (χ2n) is 6.03. The molecule has 1 aliphatic carbocycles. The van der Waals surface area contributed by atoms with Gasteiger partial charge in [-0.05, 0) is 52.6 Å². The molecule has 0 radical (unpaired) electrons. The number of nitrogens with zero attached hydrogens (tertiary/aromatic N) is 1.